The van der Waals surface area contributed by atoms with E-state index in [1.807, 2.05) is 17.9 Å². The van der Waals surface area contributed by atoms with Gasteiger partial charge in [-0.2, -0.15) is 0 Å². The lowest BCUT2D eigenvalue weighted by Gasteiger charge is -2.25. The standard InChI is InChI=1S/C15H21FN2O.ClH/c1-2-9-18(14(19)15(17)7-8-15)10-6-12-4-3-5-13(16)11-12;/h3-5,11H,2,6-10,17H2,1H3;1H. The number of rotatable bonds is 6. The van der Waals surface area contributed by atoms with E-state index >= 15 is 0 Å². The van der Waals surface area contributed by atoms with Crippen LogP contribution in [0, 0.1) is 5.82 Å². The van der Waals surface area contributed by atoms with E-state index in [1.165, 1.54) is 12.1 Å². The van der Waals surface area contributed by atoms with Gasteiger partial charge in [0.2, 0.25) is 5.91 Å². The van der Waals surface area contributed by atoms with Gasteiger partial charge in [0.25, 0.3) is 0 Å². The molecule has 1 aromatic rings. The van der Waals surface area contributed by atoms with Crippen molar-refractivity contribution in [2.45, 2.75) is 38.1 Å². The maximum atomic E-state index is 13.1. The second-order valence-corrected chi connectivity index (χ2v) is 5.33. The summed E-state index contributed by atoms with van der Waals surface area (Å²) >= 11 is 0. The van der Waals surface area contributed by atoms with Gasteiger partial charge in [0.1, 0.15) is 5.82 Å². The van der Waals surface area contributed by atoms with E-state index in [4.69, 9.17) is 5.73 Å². The van der Waals surface area contributed by atoms with E-state index < -0.39 is 5.54 Å². The summed E-state index contributed by atoms with van der Waals surface area (Å²) in [5, 5.41) is 0. The molecule has 5 heteroatoms. The lowest BCUT2D eigenvalue weighted by molar-refractivity contribution is -0.133. The predicted octanol–water partition coefficient (Wildman–Crippen LogP) is 2.52. The molecule has 0 aliphatic heterocycles. The van der Waals surface area contributed by atoms with Crippen molar-refractivity contribution in [2.24, 2.45) is 5.73 Å². The smallest absolute Gasteiger partial charge is 0.242 e. The minimum absolute atomic E-state index is 0. The monoisotopic (exact) mass is 300 g/mol. The second-order valence-electron chi connectivity index (χ2n) is 5.33. The van der Waals surface area contributed by atoms with E-state index in [1.54, 1.807) is 6.07 Å². The largest absolute Gasteiger partial charge is 0.341 e. The van der Waals surface area contributed by atoms with Gasteiger partial charge in [-0.15, -0.1) is 12.4 Å². The minimum atomic E-state index is -0.614. The molecule has 0 spiro atoms. The molecule has 1 fully saturated rings. The number of nitrogens with zero attached hydrogens (tertiary/aromatic N) is 1. The molecular formula is C15H22ClFN2O. The average Bonchev–Trinajstić information content (AvgIpc) is 3.13. The van der Waals surface area contributed by atoms with E-state index in [9.17, 15) is 9.18 Å². The van der Waals surface area contributed by atoms with Crippen molar-refractivity contribution in [2.75, 3.05) is 13.1 Å². The summed E-state index contributed by atoms with van der Waals surface area (Å²) in [6, 6.07) is 6.52. The molecule has 0 bridgehead atoms. The fourth-order valence-electron chi connectivity index (χ4n) is 2.20. The van der Waals surface area contributed by atoms with Crippen LogP contribution in [0.4, 0.5) is 4.39 Å². The molecule has 2 N–H and O–H groups in total. The Balaban J connectivity index is 0.00000200. The van der Waals surface area contributed by atoms with Crippen molar-refractivity contribution in [1.29, 1.82) is 0 Å². The molecule has 0 heterocycles. The van der Waals surface area contributed by atoms with E-state index in [0.29, 0.717) is 19.5 Å². The van der Waals surface area contributed by atoms with E-state index in [2.05, 4.69) is 0 Å². The summed E-state index contributed by atoms with van der Waals surface area (Å²) in [6.45, 7) is 3.36. The maximum Gasteiger partial charge on any atom is 0.242 e. The normalized spacial score (nSPS) is 15.3. The lowest BCUT2D eigenvalue weighted by Crippen LogP contribution is -2.46. The molecule has 0 saturated heterocycles. The van der Waals surface area contributed by atoms with Crippen molar-refractivity contribution in [3.05, 3.63) is 35.6 Å². The first-order valence-corrected chi connectivity index (χ1v) is 6.88. The summed E-state index contributed by atoms with van der Waals surface area (Å²) in [5.74, 6) is -0.186. The molecule has 1 amide bonds. The van der Waals surface area contributed by atoms with Crippen LogP contribution in [-0.2, 0) is 11.2 Å². The SMILES string of the molecule is CCCN(CCc1cccc(F)c1)C(=O)C1(N)CC1.Cl. The van der Waals surface area contributed by atoms with Gasteiger partial charge in [-0.1, -0.05) is 19.1 Å². The third kappa shape index (κ3) is 4.18. The van der Waals surface area contributed by atoms with Crippen LogP contribution < -0.4 is 5.73 Å². The zero-order valence-electron chi connectivity index (χ0n) is 11.8. The Morgan fingerprint density at radius 2 is 2.10 bits per heavy atom. The number of nitrogens with two attached hydrogens (primary N) is 1. The zero-order valence-corrected chi connectivity index (χ0v) is 12.6. The number of carbonyl (C=O) groups excluding carboxylic acids is 1. The molecule has 0 aromatic heterocycles. The van der Waals surface area contributed by atoms with Crippen LogP contribution in [0.15, 0.2) is 24.3 Å². The van der Waals surface area contributed by atoms with Crippen LogP contribution >= 0.6 is 12.4 Å². The Kier molecular flexibility index (Phi) is 5.96. The molecule has 1 aliphatic rings. The molecule has 1 aromatic carbocycles. The van der Waals surface area contributed by atoms with Gasteiger partial charge in [0, 0.05) is 13.1 Å². The fourth-order valence-corrected chi connectivity index (χ4v) is 2.20. The third-order valence-corrected chi connectivity index (χ3v) is 3.55. The number of benzene rings is 1. The second kappa shape index (κ2) is 7.04. The highest BCUT2D eigenvalue weighted by Crippen LogP contribution is 2.34. The van der Waals surface area contributed by atoms with Crippen molar-refractivity contribution in [1.82, 2.24) is 4.90 Å². The molecule has 112 valence electrons. The third-order valence-electron chi connectivity index (χ3n) is 3.55. The highest BCUT2D eigenvalue weighted by atomic mass is 35.5. The first kappa shape index (κ1) is 16.9. The molecule has 0 unspecified atom stereocenters. The number of amides is 1. The Morgan fingerprint density at radius 3 is 2.65 bits per heavy atom. The van der Waals surface area contributed by atoms with Crippen LogP contribution in [-0.4, -0.2) is 29.4 Å². The van der Waals surface area contributed by atoms with Crippen LogP contribution in [0.3, 0.4) is 0 Å². The lowest BCUT2D eigenvalue weighted by atomic mass is 10.1. The number of carbonyl (C=O) groups is 1. The van der Waals surface area contributed by atoms with Crippen molar-refractivity contribution in [3.63, 3.8) is 0 Å². The average molecular weight is 301 g/mol. The first-order chi connectivity index (χ1) is 9.05. The molecule has 2 rings (SSSR count). The van der Waals surface area contributed by atoms with Gasteiger partial charge < -0.3 is 10.6 Å². The fraction of sp³-hybridized carbons (Fsp3) is 0.533. The quantitative estimate of drug-likeness (QED) is 0.877. The highest BCUT2D eigenvalue weighted by Gasteiger charge is 2.47. The Labute approximate surface area is 125 Å². The molecule has 20 heavy (non-hydrogen) atoms. The molecule has 0 atom stereocenters. The van der Waals surface area contributed by atoms with Crippen LogP contribution in [0.2, 0.25) is 0 Å². The highest BCUT2D eigenvalue weighted by molar-refractivity contribution is 5.89. The predicted molar refractivity (Wildman–Crippen MR) is 80.4 cm³/mol. The Bertz CT molecular complexity index is 463. The molecule has 0 radical (unpaired) electrons. The molecule has 3 nitrogen and oxygen atoms in total. The van der Waals surface area contributed by atoms with Crippen molar-refractivity contribution >= 4 is 18.3 Å². The zero-order chi connectivity index (χ0) is 13.9. The van der Waals surface area contributed by atoms with Gasteiger partial charge >= 0.3 is 0 Å². The van der Waals surface area contributed by atoms with Crippen LogP contribution in [0.25, 0.3) is 0 Å². The Morgan fingerprint density at radius 1 is 1.40 bits per heavy atom. The summed E-state index contributed by atoms with van der Waals surface area (Å²) < 4.78 is 13.1. The topological polar surface area (TPSA) is 46.3 Å². The van der Waals surface area contributed by atoms with Crippen LogP contribution in [0.1, 0.15) is 31.7 Å². The van der Waals surface area contributed by atoms with Gasteiger partial charge in [-0.3, -0.25) is 4.79 Å². The van der Waals surface area contributed by atoms with Crippen LogP contribution in [0.5, 0.6) is 0 Å². The maximum absolute atomic E-state index is 13.1. The number of hydrogen-bond acceptors (Lipinski definition) is 2. The van der Waals surface area contributed by atoms with Gasteiger partial charge in [0.05, 0.1) is 5.54 Å². The first-order valence-electron chi connectivity index (χ1n) is 6.88. The van der Waals surface area contributed by atoms with Crippen molar-refractivity contribution < 1.29 is 9.18 Å². The minimum Gasteiger partial charge on any atom is -0.341 e. The summed E-state index contributed by atoms with van der Waals surface area (Å²) in [7, 11) is 0. The molecular weight excluding hydrogens is 279 g/mol. The molecule has 1 aliphatic carbocycles. The molecule has 1 saturated carbocycles. The van der Waals surface area contributed by atoms with E-state index in [-0.39, 0.29) is 24.1 Å². The van der Waals surface area contributed by atoms with Gasteiger partial charge in [-0.25, -0.2) is 4.39 Å². The Hall–Kier alpha value is -1.13. The summed E-state index contributed by atoms with van der Waals surface area (Å²) in [6.07, 6.45) is 3.14. The van der Waals surface area contributed by atoms with Crippen molar-refractivity contribution in [3.8, 4) is 0 Å². The summed E-state index contributed by atoms with van der Waals surface area (Å²) in [5.41, 5.74) is 6.26. The van der Waals surface area contributed by atoms with E-state index in [0.717, 1.165) is 24.8 Å². The summed E-state index contributed by atoms with van der Waals surface area (Å²) in [4.78, 5) is 14.0. The number of halogens is 2. The number of hydrogen-bond donors (Lipinski definition) is 1. The van der Waals surface area contributed by atoms with Gasteiger partial charge in [0.15, 0.2) is 0 Å². The van der Waals surface area contributed by atoms with Gasteiger partial charge in [-0.05, 0) is 43.4 Å².